The van der Waals surface area contributed by atoms with Crippen LogP contribution < -0.4 is 11.3 Å². The van der Waals surface area contributed by atoms with Crippen LogP contribution in [0.15, 0.2) is 24.3 Å². The molecule has 1 aliphatic carbocycles. The number of benzene rings is 1. The van der Waals surface area contributed by atoms with Crippen LogP contribution in [0.5, 0.6) is 0 Å². The lowest BCUT2D eigenvalue weighted by atomic mass is 9.96. The minimum atomic E-state index is 0.788. The first-order valence-corrected chi connectivity index (χ1v) is 7.28. The number of aromatic nitrogens is 2. The standard InChI is InChI=1S/C16H20N4/c1-2-11-7-3-4-8-12(11)15-18-14-10-6-5-9-13(14)16(19-15)20-17/h3-4,7-8H,2,5-6,9-10,17H2,1H3,(H,18,19,20). The average molecular weight is 268 g/mol. The number of nitrogens with one attached hydrogen (secondary N) is 1. The quantitative estimate of drug-likeness (QED) is 0.663. The number of rotatable bonds is 3. The number of hydrazine groups is 1. The monoisotopic (exact) mass is 268 g/mol. The predicted octanol–water partition coefficient (Wildman–Crippen LogP) is 2.87. The Bertz CT molecular complexity index is 605. The third-order valence-corrected chi connectivity index (χ3v) is 3.96. The minimum absolute atomic E-state index is 0.788. The van der Waals surface area contributed by atoms with Gasteiger partial charge in [0.25, 0.3) is 0 Å². The number of nitrogen functional groups attached to an aromatic ring is 1. The highest BCUT2D eigenvalue weighted by molar-refractivity contribution is 5.63. The van der Waals surface area contributed by atoms with Crippen LogP contribution in [0.4, 0.5) is 5.82 Å². The van der Waals surface area contributed by atoms with E-state index in [0.717, 1.165) is 42.2 Å². The summed E-state index contributed by atoms with van der Waals surface area (Å²) in [5.74, 6) is 7.23. The van der Waals surface area contributed by atoms with Crippen molar-refractivity contribution in [3.8, 4) is 11.4 Å². The zero-order valence-electron chi connectivity index (χ0n) is 11.8. The van der Waals surface area contributed by atoms with Crippen molar-refractivity contribution in [2.24, 2.45) is 5.84 Å². The molecule has 0 spiro atoms. The Morgan fingerprint density at radius 1 is 1.15 bits per heavy atom. The van der Waals surface area contributed by atoms with Crippen LogP contribution in [0.1, 0.15) is 36.6 Å². The second kappa shape index (κ2) is 5.59. The van der Waals surface area contributed by atoms with Crippen LogP contribution in [0, 0.1) is 0 Å². The van der Waals surface area contributed by atoms with Gasteiger partial charge in [-0.1, -0.05) is 31.2 Å². The van der Waals surface area contributed by atoms with Gasteiger partial charge in [0, 0.05) is 16.8 Å². The fourth-order valence-electron chi connectivity index (χ4n) is 2.88. The van der Waals surface area contributed by atoms with E-state index >= 15 is 0 Å². The molecule has 3 N–H and O–H groups in total. The lowest BCUT2D eigenvalue weighted by Gasteiger charge is -2.19. The molecule has 0 bridgehead atoms. The molecular formula is C16H20N4. The van der Waals surface area contributed by atoms with E-state index in [9.17, 15) is 0 Å². The molecule has 0 saturated carbocycles. The third kappa shape index (κ3) is 2.27. The van der Waals surface area contributed by atoms with Crippen LogP contribution in [0.3, 0.4) is 0 Å². The van der Waals surface area contributed by atoms with E-state index in [2.05, 4.69) is 35.5 Å². The molecule has 4 nitrogen and oxygen atoms in total. The molecule has 0 atom stereocenters. The van der Waals surface area contributed by atoms with Crippen LogP contribution in [-0.2, 0) is 19.3 Å². The van der Waals surface area contributed by atoms with Crippen LogP contribution in [0.2, 0.25) is 0 Å². The van der Waals surface area contributed by atoms with E-state index in [-0.39, 0.29) is 0 Å². The highest BCUT2D eigenvalue weighted by Crippen LogP contribution is 2.29. The number of nitrogens with zero attached hydrogens (tertiary/aromatic N) is 2. The van der Waals surface area contributed by atoms with Gasteiger partial charge in [-0.25, -0.2) is 15.8 Å². The van der Waals surface area contributed by atoms with Gasteiger partial charge >= 0.3 is 0 Å². The van der Waals surface area contributed by atoms with E-state index < -0.39 is 0 Å². The van der Waals surface area contributed by atoms with Crippen LogP contribution >= 0.6 is 0 Å². The first kappa shape index (κ1) is 13.1. The zero-order chi connectivity index (χ0) is 13.9. The van der Waals surface area contributed by atoms with E-state index in [1.165, 1.54) is 24.0 Å². The number of fused-ring (bicyclic) bond motifs is 1. The molecule has 1 heterocycles. The maximum Gasteiger partial charge on any atom is 0.162 e. The highest BCUT2D eigenvalue weighted by atomic mass is 15.3. The Morgan fingerprint density at radius 3 is 2.75 bits per heavy atom. The molecule has 104 valence electrons. The molecule has 0 fully saturated rings. The van der Waals surface area contributed by atoms with Gasteiger partial charge in [-0.15, -0.1) is 0 Å². The molecular weight excluding hydrogens is 248 g/mol. The maximum atomic E-state index is 5.65. The van der Waals surface area contributed by atoms with Crippen molar-refractivity contribution < 1.29 is 0 Å². The summed E-state index contributed by atoms with van der Waals surface area (Å²) in [6.45, 7) is 2.15. The summed E-state index contributed by atoms with van der Waals surface area (Å²) >= 11 is 0. The highest BCUT2D eigenvalue weighted by Gasteiger charge is 2.18. The molecule has 20 heavy (non-hydrogen) atoms. The fraction of sp³-hybridized carbons (Fsp3) is 0.375. The number of anilines is 1. The second-order valence-electron chi connectivity index (χ2n) is 5.18. The van der Waals surface area contributed by atoms with Crippen molar-refractivity contribution >= 4 is 5.82 Å². The van der Waals surface area contributed by atoms with Crippen molar-refractivity contribution in [1.82, 2.24) is 9.97 Å². The Kier molecular flexibility index (Phi) is 3.65. The molecule has 3 rings (SSSR count). The Labute approximate surface area is 119 Å². The van der Waals surface area contributed by atoms with E-state index in [1.807, 2.05) is 6.07 Å². The van der Waals surface area contributed by atoms with Crippen molar-refractivity contribution in [1.29, 1.82) is 0 Å². The molecule has 0 saturated heterocycles. The number of nitrogens with two attached hydrogens (primary N) is 1. The SMILES string of the molecule is CCc1ccccc1-c1nc2c(c(NN)n1)CCCC2. The Morgan fingerprint density at radius 2 is 1.95 bits per heavy atom. The van der Waals surface area contributed by atoms with E-state index in [1.54, 1.807) is 0 Å². The minimum Gasteiger partial charge on any atom is -0.308 e. The number of hydrogen-bond donors (Lipinski definition) is 2. The lowest BCUT2D eigenvalue weighted by molar-refractivity contribution is 0.664. The average Bonchev–Trinajstić information content (AvgIpc) is 2.53. The summed E-state index contributed by atoms with van der Waals surface area (Å²) < 4.78 is 0. The fourth-order valence-corrected chi connectivity index (χ4v) is 2.88. The Balaban J connectivity index is 2.14. The van der Waals surface area contributed by atoms with Gasteiger partial charge in [0.1, 0.15) is 5.82 Å². The topological polar surface area (TPSA) is 63.8 Å². The maximum absolute atomic E-state index is 5.65. The molecule has 0 unspecified atom stereocenters. The van der Waals surface area contributed by atoms with Gasteiger partial charge in [-0.05, 0) is 37.7 Å². The summed E-state index contributed by atoms with van der Waals surface area (Å²) in [6, 6.07) is 8.31. The molecule has 1 aromatic carbocycles. The van der Waals surface area contributed by atoms with E-state index in [4.69, 9.17) is 10.8 Å². The third-order valence-electron chi connectivity index (χ3n) is 3.96. The van der Waals surface area contributed by atoms with Crippen molar-refractivity contribution in [3.05, 3.63) is 41.1 Å². The van der Waals surface area contributed by atoms with Gasteiger partial charge in [0.15, 0.2) is 5.82 Å². The number of aryl methyl sites for hydroxylation is 2. The first-order valence-electron chi connectivity index (χ1n) is 7.28. The van der Waals surface area contributed by atoms with Gasteiger partial charge in [-0.3, -0.25) is 0 Å². The van der Waals surface area contributed by atoms with Gasteiger partial charge in [-0.2, -0.15) is 0 Å². The molecule has 4 heteroatoms. The number of hydrogen-bond acceptors (Lipinski definition) is 4. The van der Waals surface area contributed by atoms with Crippen LogP contribution in [0.25, 0.3) is 11.4 Å². The molecule has 1 aromatic heterocycles. The summed E-state index contributed by atoms with van der Waals surface area (Å²) in [5, 5.41) is 0. The van der Waals surface area contributed by atoms with Gasteiger partial charge < -0.3 is 5.43 Å². The van der Waals surface area contributed by atoms with Crippen molar-refractivity contribution in [3.63, 3.8) is 0 Å². The van der Waals surface area contributed by atoms with Crippen LogP contribution in [-0.4, -0.2) is 9.97 Å². The Hall–Kier alpha value is -1.94. The summed E-state index contributed by atoms with van der Waals surface area (Å²) in [4.78, 5) is 9.43. The molecule has 0 aliphatic heterocycles. The van der Waals surface area contributed by atoms with Gasteiger partial charge in [0.2, 0.25) is 0 Å². The van der Waals surface area contributed by atoms with Crippen molar-refractivity contribution in [2.75, 3.05) is 5.43 Å². The second-order valence-corrected chi connectivity index (χ2v) is 5.18. The zero-order valence-corrected chi connectivity index (χ0v) is 11.8. The van der Waals surface area contributed by atoms with Gasteiger partial charge in [0.05, 0.1) is 0 Å². The summed E-state index contributed by atoms with van der Waals surface area (Å²) in [7, 11) is 0. The normalized spacial score (nSPS) is 13.9. The lowest BCUT2D eigenvalue weighted by Crippen LogP contribution is -2.17. The predicted molar refractivity (Wildman–Crippen MR) is 81.3 cm³/mol. The van der Waals surface area contributed by atoms with Crippen molar-refractivity contribution in [2.45, 2.75) is 39.0 Å². The smallest absolute Gasteiger partial charge is 0.162 e. The largest absolute Gasteiger partial charge is 0.308 e. The summed E-state index contributed by atoms with van der Waals surface area (Å²) in [5.41, 5.74) is 7.48. The molecule has 0 radical (unpaired) electrons. The molecule has 1 aliphatic rings. The molecule has 0 amide bonds. The summed E-state index contributed by atoms with van der Waals surface area (Å²) in [6.07, 6.45) is 5.40. The molecule has 2 aromatic rings. The van der Waals surface area contributed by atoms with E-state index in [0.29, 0.717) is 0 Å². The first-order chi connectivity index (χ1) is 9.83.